The Morgan fingerprint density at radius 3 is 2.55 bits per heavy atom. The number of hydrogen-bond acceptors (Lipinski definition) is 5. The van der Waals surface area contributed by atoms with E-state index in [0.717, 1.165) is 49.3 Å². The quantitative estimate of drug-likeness (QED) is 0.377. The van der Waals surface area contributed by atoms with Crippen LogP contribution in [0.5, 0.6) is 0 Å². The van der Waals surface area contributed by atoms with Gasteiger partial charge in [0.05, 0.1) is 10.4 Å². The number of thioether (sulfide) groups is 1. The third kappa shape index (κ3) is 6.29. The maximum atomic E-state index is 13.2. The van der Waals surface area contributed by atoms with Crippen molar-refractivity contribution in [1.29, 1.82) is 0 Å². The second-order valence-electron chi connectivity index (χ2n) is 9.10. The number of aromatic nitrogens is 1. The number of benzene rings is 1. The van der Waals surface area contributed by atoms with Gasteiger partial charge < -0.3 is 10.0 Å². The topological polar surface area (TPSA) is 82.5 Å². The van der Waals surface area contributed by atoms with Crippen LogP contribution in [0.1, 0.15) is 69.8 Å². The molecule has 4 rings (SSSR count). The molecule has 0 aliphatic heterocycles. The highest BCUT2D eigenvalue weighted by Crippen LogP contribution is 2.49. The number of aryl methyl sites for hydroxylation is 1. The van der Waals surface area contributed by atoms with Gasteiger partial charge in [0.1, 0.15) is 4.75 Å². The molecule has 1 aromatic heterocycles. The molecule has 1 aromatic carbocycles. The molecule has 2 N–H and O–H groups in total. The fourth-order valence-electron chi connectivity index (χ4n) is 4.68. The van der Waals surface area contributed by atoms with Crippen molar-refractivity contribution in [2.75, 3.05) is 11.9 Å². The lowest BCUT2D eigenvalue weighted by molar-refractivity contribution is -0.142. The molecule has 0 atom stereocenters. The standard InChI is InChI=1S/C25H33N3O3S2/c29-22(30)25(15-9-16-25)33-21-18-26-23(32-21)27-24(31)28(20-13-5-2-6-14-20)17-8-7-12-19-10-3-1-4-11-19/h1,3-4,10-11,18,20H,2,5-9,12-17H2,(H,29,30)(H,26,27,31). The third-order valence-electron chi connectivity index (χ3n) is 6.78. The fourth-order valence-corrected chi connectivity index (χ4v) is 7.17. The molecule has 2 aromatic rings. The minimum atomic E-state index is -0.753. The summed E-state index contributed by atoms with van der Waals surface area (Å²) < 4.78 is 0.125. The van der Waals surface area contributed by atoms with Gasteiger partial charge in [0.25, 0.3) is 0 Å². The minimum Gasteiger partial charge on any atom is -0.480 e. The van der Waals surface area contributed by atoms with Gasteiger partial charge in [-0.2, -0.15) is 0 Å². The first-order chi connectivity index (χ1) is 16.1. The van der Waals surface area contributed by atoms with E-state index in [4.69, 9.17) is 0 Å². The van der Waals surface area contributed by atoms with E-state index in [1.807, 2.05) is 11.0 Å². The number of carboxylic acid groups (broad SMARTS) is 1. The largest absolute Gasteiger partial charge is 0.480 e. The Kier molecular flexibility index (Phi) is 8.30. The first-order valence-electron chi connectivity index (χ1n) is 12.1. The number of thiazole rings is 1. The van der Waals surface area contributed by atoms with Crippen molar-refractivity contribution in [3.8, 4) is 0 Å². The summed E-state index contributed by atoms with van der Waals surface area (Å²) in [6.45, 7) is 0.748. The number of carbonyl (C=O) groups is 2. The van der Waals surface area contributed by atoms with Gasteiger partial charge in [-0.3, -0.25) is 10.1 Å². The molecule has 178 valence electrons. The highest BCUT2D eigenvalue weighted by atomic mass is 32.2. The molecule has 0 radical (unpaired) electrons. The van der Waals surface area contributed by atoms with Gasteiger partial charge in [-0.15, -0.1) is 0 Å². The smallest absolute Gasteiger partial charge is 0.323 e. The zero-order valence-corrected chi connectivity index (χ0v) is 20.6. The van der Waals surface area contributed by atoms with Crippen molar-refractivity contribution >= 4 is 40.2 Å². The van der Waals surface area contributed by atoms with E-state index in [1.54, 1.807) is 6.20 Å². The average Bonchev–Trinajstić information content (AvgIpc) is 3.24. The first-order valence-corrected chi connectivity index (χ1v) is 13.7. The number of carboxylic acids is 1. The Hall–Kier alpha value is -2.06. The second kappa shape index (κ2) is 11.4. The summed E-state index contributed by atoms with van der Waals surface area (Å²) in [7, 11) is 0. The molecule has 2 fully saturated rings. The maximum absolute atomic E-state index is 13.2. The summed E-state index contributed by atoms with van der Waals surface area (Å²) in [5, 5.41) is 13.1. The molecule has 0 spiro atoms. The van der Waals surface area contributed by atoms with Crippen LogP contribution >= 0.6 is 23.1 Å². The summed E-state index contributed by atoms with van der Waals surface area (Å²) in [5.41, 5.74) is 1.34. The predicted molar refractivity (Wildman–Crippen MR) is 134 cm³/mol. The molecule has 0 saturated heterocycles. The number of aliphatic carboxylic acids is 1. The Morgan fingerprint density at radius 1 is 1.12 bits per heavy atom. The van der Waals surface area contributed by atoms with Crippen molar-refractivity contribution < 1.29 is 14.7 Å². The van der Waals surface area contributed by atoms with Crippen molar-refractivity contribution in [3.05, 3.63) is 42.1 Å². The zero-order chi connectivity index (χ0) is 23.1. The van der Waals surface area contributed by atoms with Crippen molar-refractivity contribution in [2.45, 2.75) is 85.6 Å². The molecule has 0 bridgehead atoms. The summed E-state index contributed by atoms with van der Waals surface area (Å²) in [6, 6.07) is 10.7. The zero-order valence-electron chi connectivity index (χ0n) is 19.0. The van der Waals surface area contributed by atoms with Crippen molar-refractivity contribution in [1.82, 2.24) is 9.88 Å². The van der Waals surface area contributed by atoms with E-state index >= 15 is 0 Å². The van der Waals surface area contributed by atoms with E-state index in [9.17, 15) is 14.7 Å². The average molecular weight is 488 g/mol. The Morgan fingerprint density at radius 2 is 1.88 bits per heavy atom. The van der Waals surface area contributed by atoms with Crippen LogP contribution in [0.3, 0.4) is 0 Å². The van der Waals surface area contributed by atoms with Gasteiger partial charge in [-0.05, 0) is 56.9 Å². The first kappa shape index (κ1) is 24.1. The van der Waals surface area contributed by atoms with Crippen LogP contribution < -0.4 is 5.32 Å². The fraction of sp³-hybridized carbons (Fsp3) is 0.560. The number of anilines is 1. The van der Waals surface area contributed by atoms with E-state index in [1.165, 1.54) is 47.9 Å². The summed E-state index contributed by atoms with van der Waals surface area (Å²) in [6.07, 6.45) is 12.8. The third-order valence-corrected chi connectivity index (χ3v) is 9.27. The molecule has 2 aliphatic carbocycles. The molecule has 8 heteroatoms. The second-order valence-corrected chi connectivity index (χ2v) is 11.8. The molecule has 2 aliphatic rings. The molecule has 33 heavy (non-hydrogen) atoms. The van der Waals surface area contributed by atoms with Crippen LogP contribution in [0.25, 0.3) is 0 Å². The van der Waals surface area contributed by atoms with E-state index in [0.29, 0.717) is 18.0 Å². The Bertz CT molecular complexity index is 924. The number of amides is 2. The van der Waals surface area contributed by atoms with E-state index < -0.39 is 10.7 Å². The summed E-state index contributed by atoms with van der Waals surface area (Å²) in [4.78, 5) is 31.3. The van der Waals surface area contributed by atoms with Crippen LogP contribution in [0.15, 0.2) is 40.7 Å². The molecular formula is C25H33N3O3S2. The van der Waals surface area contributed by atoms with Gasteiger partial charge in [0.2, 0.25) is 0 Å². The molecule has 0 unspecified atom stereocenters. The minimum absolute atomic E-state index is 0.0795. The van der Waals surface area contributed by atoms with Crippen LogP contribution in [-0.4, -0.2) is 44.3 Å². The lowest BCUT2D eigenvalue weighted by Crippen LogP contribution is -2.44. The SMILES string of the molecule is O=C(Nc1ncc(SC2(C(=O)O)CCC2)s1)N(CCCCc1ccccc1)C1CCCCC1. The highest BCUT2D eigenvalue weighted by Gasteiger charge is 2.46. The van der Waals surface area contributed by atoms with Crippen LogP contribution in [0.2, 0.25) is 0 Å². The van der Waals surface area contributed by atoms with Crippen LogP contribution in [0, 0.1) is 0 Å². The van der Waals surface area contributed by atoms with E-state index in [-0.39, 0.29) is 12.1 Å². The van der Waals surface area contributed by atoms with Gasteiger partial charge in [-0.25, -0.2) is 9.78 Å². The number of hydrogen-bond donors (Lipinski definition) is 2. The van der Waals surface area contributed by atoms with Gasteiger partial charge in [-0.1, -0.05) is 72.7 Å². The van der Waals surface area contributed by atoms with Gasteiger partial charge in [0.15, 0.2) is 5.13 Å². The molecule has 6 nitrogen and oxygen atoms in total. The molecular weight excluding hydrogens is 454 g/mol. The number of rotatable bonds is 10. The maximum Gasteiger partial charge on any atom is 0.323 e. The van der Waals surface area contributed by atoms with Crippen LogP contribution in [-0.2, 0) is 11.2 Å². The van der Waals surface area contributed by atoms with Crippen molar-refractivity contribution in [3.63, 3.8) is 0 Å². The number of unbranched alkanes of at least 4 members (excludes halogenated alkanes) is 1. The number of nitrogens with zero attached hydrogens (tertiary/aromatic N) is 2. The number of urea groups is 1. The monoisotopic (exact) mass is 487 g/mol. The summed E-state index contributed by atoms with van der Waals surface area (Å²) in [5.74, 6) is -0.753. The molecule has 2 saturated carbocycles. The highest BCUT2D eigenvalue weighted by molar-refractivity contribution is 8.03. The lowest BCUT2D eigenvalue weighted by Gasteiger charge is -2.36. The predicted octanol–water partition coefficient (Wildman–Crippen LogP) is 6.43. The van der Waals surface area contributed by atoms with Crippen LogP contribution in [0.4, 0.5) is 9.93 Å². The number of carbonyl (C=O) groups excluding carboxylic acids is 1. The Balaban J connectivity index is 1.33. The number of nitrogens with one attached hydrogen (secondary N) is 1. The summed E-state index contributed by atoms with van der Waals surface area (Å²) >= 11 is 2.75. The molecule has 2 amide bonds. The van der Waals surface area contributed by atoms with Gasteiger partial charge >= 0.3 is 12.0 Å². The van der Waals surface area contributed by atoms with E-state index in [2.05, 4.69) is 34.6 Å². The normalized spacial score (nSPS) is 17.8. The lowest BCUT2D eigenvalue weighted by atomic mass is 9.84. The molecule has 1 heterocycles. The Labute approximate surface area is 204 Å². The van der Waals surface area contributed by atoms with Gasteiger partial charge in [0, 0.05) is 12.6 Å². The van der Waals surface area contributed by atoms with Crippen molar-refractivity contribution in [2.24, 2.45) is 0 Å².